The summed E-state index contributed by atoms with van der Waals surface area (Å²) in [6.45, 7) is -0.102. The van der Waals surface area contributed by atoms with E-state index in [9.17, 15) is 22.4 Å². The number of ether oxygens (including phenoxy) is 1. The van der Waals surface area contributed by atoms with E-state index in [4.69, 9.17) is 4.74 Å². The number of benzene rings is 1. The number of aromatic nitrogens is 1. The highest BCUT2D eigenvalue weighted by atomic mass is 19.4. The molecule has 146 valence electrons. The molecular weight excluding hydrogens is 366 g/mol. The zero-order valence-electron chi connectivity index (χ0n) is 14.4. The Labute approximate surface area is 152 Å². The number of piperidine rings is 1. The molecule has 2 aliphatic heterocycles. The molecule has 2 saturated heterocycles. The van der Waals surface area contributed by atoms with E-state index < -0.39 is 24.4 Å². The lowest BCUT2D eigenvalue weighted by molar-refractivity contribution is -0.139. The van der Waals surface area contributed by atoms with E-state index in [1.807, 2.05) is 0 Å². The third kappa shape index (κ3) is 3.93. The lowest BCUT2D eigenvalue weighted by atomic mass is 9.92. The minimum atomic E-state index is -4.44. The Morgan fingerprint density at radius 2 is 1.96 bits per heavy atom. The Kier molecular flexibility index (Phi) is 4.59. The van der Waals surface area contributed by atoms with Crippen molar-refractivity contribution in [2.24, 2.45) is 0 Å². The first-order valence-electron chi connectivity index (χ1n) is 8.78. The standard InChI is InChI=1S/C18H19F4N3O2/c19-10-1-2-16-14(3-10)15(6-25(16)9-18(20,21)22)17(26)24-11-4-12-7-27-8-13(5-11)23-12/h1-3,6,11-13,23H,4-5,7-9H2,(H,24,26)/t11?,12-,13+. The second kappa shape index (κ2) is 6.79. The number of hydrogen-bond donors (Lipinski definition) is 2. The number of hydrogen-bond acceptors (Lipinski definition) is 3. The number of nitrogens with zero attached hydrogens (tertiary/aromatic N) is 1. The molecule has 0 radical (unpaired) electrons. The fourth-order valence-corrected chi connectivity index (χ4v) is 3.99. The van der Waals surface area contributed by atoms with Crippen LogP contribution in [0.15, 0.2) is 24.4 Å². The van der Waals surface area contributed by atoms with Gasteiger partial charge in [0.2, 0.25) is 0 Å². The topological polar surface area (TPSA) is 55.3 Å². The smallest absolute Gasteiger partial charge is 0.378 e. The number of fused-ring (bicyclic) bond motifs is 3. The van der Waals surface area contributed by atoms with Gasteiger partial charge in [0.25, 0.3) is 5.91 Å². The molecule has 27 heavy (non-hydrogen) atoms. The summed E-state index contributed by atoms with van der Waals surface area (Å²) in [6, 6.07) is 3.64. The summed E-state index contributed by atoms with van der Waals surface area (Å²) in [5, 5.41) is 6.48. The van der Waals surface area contributed by atoms with Crippen molar-refractivity contribution in [2.75, 3.05) is 13.2 Å². The highest BCUT2D eigenvalue weighted by Crippen LogP contribution is 2.27. The van der Waals surface area contributed by atoms with Gasteiger partial charge >= 0.3 is 6.18 Å². The van der Waals surface area contributed by atoms with Crippen molar-refractivity contribution < 1.29 is 27.1 Å². The highest BCUT2D eigenvalue weighted by molar-refractivity contribution is 6.07. The molecule has 3 atom stereocenters. The predicted molar refractivity (Wildman–Crippen MR) is 90.0 cm³/mol. The normalized spacial score (nSPS) is 25.6. The maximum absolute atomic E-state index is 13.7. The molecule has 2 fully saturated rings. The first-order valence-corrected chi connectivity index (χ1v) is 8.78. The molecule has 0 saturated carbocycles. The summed E-state index contributed by atoms with van der Waals surface area (Å²) in [5.74, 6) is -1.09. The number of amides is 1. The highest BCUT2D eigenvalue weighted by Gasteiger charge is 2.34. The Hall–Kier alpha value is -2.13. The molecule has 1 aromatic heterocycles. The quantitative estimate of drug-likeness (QED) is 0.799. The van der Waals surface area contributed by atoms with Crippen LogP contribution in [0, 0.1) is 5.82 Å². The third-order valence-corrected chi connectivity index (χ3v) is 5.02. The molecule has 0 aliphatic carbocycles. The maximum Gasteiger partial charge on any atom is 0.406 e. The van der Waals surface area contributed by atoms with Crippen LogP contribution < -0.4 is 10.6 Å². The minimum Gasteiger partial charge on any atom is -0.378 e. The van der Waals surface area contributed by atoms with Crippen molar-refractivity contribution >= 4 is 16.8 Å². The molecule has 3 heterocycles. The molecule has 9 heteroatoms. The number of carbonyl (C=O) groups is 1. The number of morpholine rings is 1. The lowest BCUT2D eigenvalue weighted by Gasteiger charge is -2.40. The summed E-state index contributed by atoms with van der Waals surface area (Å²) in [7, 11) is 0. The fourth-order valence-electron chi connectivity index (χ4n) is 3.99. The first-order chi connectivity index (χ1) is 12.8. The molecule has 5 nitrogen and oxygen atoms in total. The lowest BCUT2D eigenvalue weighted by Crippen LogP contribution is -2.58. The number of alkyl halides is 3. The van der Waals surface area contributed by atoms with Crippen LogP contribution in [0.5, 0.6) is 0 Å². The van der Waals surface area contributed by atoms with E-state index in [0.29, 0.717) is 26.1 Å². The SMILES string of the molecule is O=C(NC1C[C@H]2COC[C@@H](C1)N2)c1cn(CC(F)(F)F)c2ccc(F)cc12. The van der Waals surface area contributed by atoms with E-state index in [1.165, 1.54) is 6.07 Å². The van der Waals surface area contributed by atoms with Gasteiger partial charge < -0.3 is 19.9 Å². The zero-order valence-corrected chi connectivity index (χ0v) is 14.4. The molecule has 2 aliphatic rings. The number of carbonyl (C=O) groups excluding carboxylic acids is 1. The summed E-state index contributed by atoms with van der Waals surface area (Å²) in [4.78, 5) is 12.8. The average Bonchev–Trinajstić information content (AvgIpc) is 2.90. The van der Waals surface area contributed by atoms with Gasteiger partial charge in [0.1, 0.15) is 12.4 Å². The van der Waals surface area contributed by atoms with Crippen LogP contribution in [-0.4, -0.2) is 48.0 Å². The second-order valence-electron chi connectivity index (χ2n) is 7.19. The van der Waals surface area contributed by atoms with Crippen LogP contribution in [0.4, 0.5) is 17.6 Å². The van der Waals surface area contributed by atoms with Crippen molar-refractivity contribution in [3.05, 3.63) is 35.8 Å². The van der Waals surface area contributed by atoms with Gasteiger partial charge in [-0.2, -0.15) is 13.2 Å². The van der Waals surface area contributed by atoms with Gasteiger partial charge in [-0.3, -0.25) is 4.79 Å². The van der Waals surface area contributed by atoms with Gasteiger partial charge in [-0.05, 0) is 31.0 Å². The maximum atomic E-state index is 13.7. The number of halogens is 4. The van der Waals surface area contributed by atoms with Crippen molar-refractivity contribution in [3.63, 3.8) is 0 Å². The van der Waals surface area contributed by atoms with Gasteiger partial charge in [0, 0.05) is 35.2 Å². The van der Waals surface area contributed by atoms with Crippen LogP contribution >= 0.6 is 0 Å². The molecule has 1 aromatic carbocycles. The molecule has 2 bridgehead atoms. The Balaban J connectivity index is 1.60. The van der Waals surface area contributed by atoms with E-state index in [1.54, 1.807) is 0 Å². The first kappa shape index (κ1) is 18.2. The van der Waals surface area contributed by atoms with Crippen molar-refractivity contribution in [1.29, 1.82) is 0 Å². The summed E-state index contributed by atoms with van der Waals surface area (Å²) in [5.41, 5.74) is 0.225. The summed E-state index contributed by atoms with van der Waals surface area (Å²) in [6.07, 6.45) is -1.94. The molecule has 4 rings (SSSR count). The number of rotatable bonds is 3. The Morgan fingerprint density at radius 3 is 2.63 bits per heavy atom. The van der Waals surface area contributed by atoms with Crippen LogP contribution in [0.1, 0.15) is 23.2 Å². The molecule has 1 unspecified atom stereocenters. The number of nitrogens with one attached hydrogen (secondary N) is 2. The van der Waals surface area contributed by atoms with Gasteiger partial charge in [-0.25, -0.2) is 4.39 Å². The summed E-state index contributed by atoms with van der Waals surface area (Å²) < 4.78 is 58.6. The van der Waals surface area contributed by atoms with E-state index in [2.05, 4.69) is 10.6 Å². The van der Waals surface area contributed by atoms with Crippen molar-refractivity contribution in [1.82, 2.24) is 15.2 Å². The second-order valence-corrected chi connectivity index (χ2v) is 7.19. The van der Waals surface area contributed by atoms with Crippen LogP contribution in [0.3, 0.4) is 0 Å². The average molecular weight is 385 g/mol. The van der Waals surface area contributed by atoms with Crippen LogP contribution in [-0.2, 0) is 11.3 Å². The molecular formula is C18H19F4N3O2. The van der Waals surface area contributed by atoms with Gasteiger partial charge in [-0.1, -0.05) is 0 Å². The Bertz CT molecular complexity index is 852. The monoisotopic (exact) mass is 385 g/mol. The molecule has 1 amide bonds. The van der Waals surface area contributed by atoms with Crippen molar-refractivity contribution in [2.45, 2.75) is 43.7 Å². The fraction of sp³-hybridized carbons (Fsp3) is 0.500. The Morgan fingerprint density at radius 1 is 1.26 bits per heavy atom. The van der Waals surface area contributed by atoms with E-state index in [0.717, 1.165) is 22.9 Å². The minimum absolute atomic E-state index is 0.0497. The van der Waals surface area contributed by atoms with E-state index in [-0.39, 0.29) is 34.6 Å². The van der Waals surface area contributed by atoms with Crippen molar-refractivity contribution in [3.8, 4) is 0 Å². The van der Waals surface area contributed by atoms with Crippen LogP contribution in [0.25, 0.3) is 10.9 Å². The van der Waals surface area contributed by atoms with E-state index >= 15 is 0 Å². The molecule has 2 N–H and O–H groups in total. The molecule has 2 aromatic rings. The third-order valence-electron chi connectivity index (χ3n) is 5.02. The van der Waals surface area contributed by atoms with Gasteiger partial charge in [0.15, 0.2) is 0 Å². The molecule has 0 spiro atoms. The zero-order chi connectivity index (χ0) is 19.2. The van der Waals surface area contributed by atoms with Crippen LogP contribution in [0.2, 0.25) is 0 Å². The predicted octanol–water partition coefficient (Wildman–Crippen LogP) is 2.59. The summed E-state index contributed by atoms with van der Waals surface area (Å²) >= 11 is 0. The van der Waals surface area contributed by atoms with Gasteiger partial charge in [0.05, 0.1) is 18.8 Å². The van der Waals surface area contributed by atoms with Gasteiger partial charge in [-0.15, -0.1) is 0 Å². The largest absolute Gasteiger partial charge is 0.406 e.